The number of amides is 1. The molecule has 28 heavy (non-hydrogen) atoms. The van der Waals surface area contributed by atoms with Gasteiger partial charge in [-0.05, 0) is 55.7 Å². The van der Waals surface area contributed by atoms with Crippen LogP contribution in [0.2, 0.25) is 0 Å². The van der Waals surface area contributed by atoms with Crippen molar-refractivity contribution in [1.82, 2.24) is 10.2 Å². The Morgan fingerprint density at radius 2 is 1.79 bits per heavy atom. The molecule has 154 valence electrons. The number of ether oxygens (including phenoxy) is 1. The van der Waals surface area contributed by atoms with Gasteiger partial charge in [0.2, 0.25) is 5.91 Å². The summed E-state index contributed by atoms with van der Waals surface area (Å²) in [6.45, 7) is 5.53. The average molecular weight is 385 g/mol. The second-order valence-electron chi connectivity index (χ2n) is 9.45. The fourth-order valence-electron chi connectivity index (χ4n) is 5.37. The quantitative estimate of drug-likeness (QED) is 0.802. The van der Waals surface area contributed by atoms with Crippen LogP contribution >= 0.6 is 0 Å². The third kappa shape index (κ3) is 4.37. The Hall–Kier alpha value is -1.55. The van der Waals surface area contributed by atoms with E-state index in [9.17, 15) is 4.79 Å². The van der Waals surface area contributed by atoms with Gasteiger partial charge in [0.25, 0.3) is 0 Å². The number of hydrogen-bond acceptors (Lipinski definition) is 3. The standard InChI is InChI=1S/C24H36N2O2/c1-18-16-22(18)23(27)25-20-10-14-26(15-11-20)17-24(12-4-3-5-13-24)19-6-8-21(28-2)9-7-19/h6-9,18,20,22H,3-5,10-17H2,1-2H3,(H,25,27). The van der Waals surface area contributed by atoms with Crippen LogP contribution in [-0.2, 0) is 10.2 Å². The number of nitrogens with zero attached hydrogens (tertiary/aromatic N) is 1. The van der Waals surface area contributed by atoms with Gasteiger partial charge in [0, 0.05) is 37.0 Å². The molecule has 0 bridgehead atoms. The molecule has 4 heteroatoms. The highest BCUT2D eigenvalue weighted by Crippen LogP contribution is 2.41. The molecule has 2 aliphatic carbocycles. The second kappa shape index (κ2) is 8.44. The Morgan fingerprint density at radius 1 is 1.14 bits per heavy atom. The first kappa shape index (κ1) is 19.8. The molecular weight excluding hydrogens is 348 g/mol. The summed E-state index contributed by atoms with van der Waals surface area (Å²) in [5.41, 5.74) is 1.76. The predicted octanol–water partition coefficient (Wildman–Crippen LogP) is 4.13. The van der Waals surface area contributed by atoms with Crippen molar-refractivity contribution in [3.8, 4) is 5.75 Å². The first-order valence-corrected chi connectivity index (χ1v) is 11.3. The van der Waals surface area contributed by atoms with E-state index in [0.717, 1.165) is 44.6 Å². The topological polar surface area (TPSA) is 41.6 Å². The number of carbonyl (C=O) groups is 1. The fourth-order valence-corrected chi connectivity index (χ4v) is 5.37. The summed E-state index contributed by atoms with van der Waals surface area (Å²) in [5, 5.41) is 3.31. The van der Waals surface area contributed by atoms with Gasteiger partial charge in [0.15, 0.2) is 0 Å². The monoisotopic (exact) mass is 384 g/mol. The van der Waals surface area contributed by atoms with Crippen molar-refractivity contribution in [3.63, 3.8) is 0 Å². The molecule has 3 aliphatic rings. The summed E-state index contributed by atoms with van der Waals surface area (Å²) in [7, 11) is 1.73. The number of rotatable bonds is 6. The molecule has 1 N–H and O–H groups in total. The van der Waals surface area contributed by atoms with Crippen LogP contribution in [0.5, 0.6) is 5.75 Å². The van der Waals surface area contributed by atoms with Crippen molar-refractivity contribution in [3.05, 3.63) is 29.8 Å². The van der Waals surface area contributed by atoms with Gasteiger partial charge in [-0.2, -0.15) is 0 Å². The van der Waals surface area contributed by atoms with E-state index in [2.05, 4.69) is 41.4 Å². The van der Waals surface area contributed by atoms with Crippen LogP contribution in [0.25, 0.3) is 0 Å². The smallest absolute Gasteiger partial charge is 0.223 e. The first-order valence-electron chi connectivity index (χ1n) is 11.3. The van der Waals surface area contributed by atoms with E-state index in [0.29, 0.717) is 23.8 Å². The zero-order chi connectivity index (χ0) is 19.6. The summed E-state index contributed by atoms with van der Waals surface area (Å²) in [6, 6.07) is 9.18. The fraction of sp³-hybridized carbons (Fsp3) is 0.708. The molecule has 2 saturated carbocycles. The molecule has 1 saturated heterocycles. The Morgan fingerprint density at radius 3 is 2.36 bits per heavy atom. The summed E-state index contributed by atoms with van der Waals surface area (Å²) in [4.78, 5) is 14.9. The van der Waals surface area contributed by atoms with E-state index < -0.39 is 0 Å². The Balaban J connectivity index is 1.36. The summed E-state index contributed by atoms with van der Waals surface area (Å²) in [6.07, 6.45) is 9.86. The first-order chi connectivity index (χ1) is 13.6. The van der Waals surface area contributed by atoms with Gasteiger partial charge >= 0.3 is 0 Å². The van der Waals surface area contributed by atoms with Gasteiger partial charge in [-0.15, -0.1) is 0 Å². The SMILES string of the molecule is COc1ccc(C2(CN3CCC(NC(=O)C4CC4C)CC3)CCCCC2)cc1. The normalized spacial score (nSPS) is 27.9. The lowest BCUT2D eigenvalue weighted by Crippen LogP contribution is -2.49. The molecular formula is C24H36N2O2. The van der Waals surface area contributed by atoms with Gasteiger partial charge in [0.1, 0.15) is 5.75 Å². The van der Waals surface area contributed by atoms with E-state index in [1.165, 1.54) is 37.7 Å². The maximum absolute atomic E-state index is 12.2. The number of benzene rings is 1. The second-order valence-corrected chi connectivity index (χ2v) is 9.45. The van der Waals surface area contributed by atoms with Crippen LogP contribution in [0.3, 0.4) is 0 Å². The number of methoxy groups -OCH3 is 1. The molecule has 4 rings (SSSR count). The largest absolute Gasteiger partial charge is 0.497 e. The lowest BCUT2D eigenvalue weighted by molar-refractivity contribution is -0.123. The van der Waals surface area contributed by atoms with E-state index in [-0.39, 0.29) is 5.41 Å². The van der Waals surface area contributed by atoms with Crippen LogP contribution in [0, 0.1) is 11.8 Å². The van der Waals surface area contributed by atoms with Gasteiger partial charge in [-0.25, -0.2) is 0 Å². The molecule has 3 fully saturated rings. The summed E-state index contributed by atoms with van der Waals surface area (Å²) in [5.74, 6) is 2.12. The zero-order valence-corrected chi connectivity index (χ0v) is 17.6. The number of hydrogen-bond donors (Lipinski definition) is 1. The number of likely N-dealkylation sites (tertiary alicyclic amines) is 1. The van der Waals surface area contributed by atoms with Gasteiger partial charge in [-0.3, -0.25) is 4.79 Å². The summed E-state index contributed by atoms with van der Waals surface area (Å²) >= 11 is 0. The van der Waals surface area contributed by atoms with Gasteiger partial charge in [0.05, 0.1) is 7.11 Å². The number of nitrogens with one attached hydrogen (secondary N) is 1. The van der Waals surface area contributed by atoms with Crippen molar-refractivity contribution in [2.75, 3.05) is 26.7 Å². The van der Waals surface area contributed by atoms with Crippen molar-refractivity contribution in [1.29, 1.82) is 0 Å². The Bertz CT molecular complexity index is 658. The lowest BCUT2D eigenvalue weighted by atomic mass is 9.69. The minimum atomic E-state index is 0.282. The predicted molar refractivity (Wildman–Crippen MR) is 113 cm³/mol. The highest BCUT2D eigenvalue weighted by atomic mass is 16.5. The highest BCUT2D eigenvalue weighted by molar-refractivity contribution is 5.81. The molecule has 4 nitrogen and oxygen atoms in total. The van der Waals surface area contributed by atoms with Crippen LogP contribution in [0.15, 0.2) is 24.3 Å². The molecule has 2 atom stereocenters. The van der Waals surface area contributed by atoms with Crippen molar-refractivity contribution >= 4 is 5.91 Å². The third-order valence-electron chi connectivity index (χ3n) is 7.42. The highest BCUT2D eigenvalue weighted by Gasteiger charge is 2.40. The third-order valence-corrected chi connectivity index (χ3v) is 7.42. The molecule has 1 amide bonds. The van der Waals surface area contributed by atoms with Crippen LogP contribution < -0.4 is 10.1 Å². The molecule has 0 spiro atoms. The Kier molecular flexibility index (Phi) is 5.96. The van der Waals surface area contributed by atoms with Gasteiger partial charge in [-0.1, -0.05) is 38.3 Å². The Labute approximate surface area is 170 Å². The van der Waals surface area contributed by atoms with E-state index in [1.807, 2.05) is 0 Å². The molecule has 0 aromatic heterocycles. The zero-order valence-electron chi connectivity index (χ0n) is 17.6. The van der Waals surface area contributed by atoms with Gasteiger partial charge < -0.3 is 15.0 Å². The number of piperidine rings is 1. The molecule has 1 aromatic carbocycles. The van der Waals surface area contributed by atoms with Crippen LogP contribution in [0.4, 0.5) is 0 Å². The van der Waals surface area contributed by atoms with E-state index >= 15 is 0 Å². The van der Waals surface area contributed by atoms with E-state index in [4.69, 9.17) is 4.74 Å². The molecule has 0 radical (unpaired) electrons. The van der Waals surface area contributed by atoms with Crippen molar-refractivity contribution < 1.29 is 9.53 Å². The van der Waals surface area contributed by atoms with E-state index in [1.54, 1.807) is 7.11 Å². The summed E-state index contributed by atoms with van der Waals surface area (Å²) < 4.78 is 5.37. The molecule has 1 aliphatic heterocycles. The van der Waals surface area contributed by atoms with Crippen LogP contribution in [0.1, 0.15) is 63.9 Å². The minimum Gasteiger partial charge on any atom is -0.497 e. The lowest BCUT2D eigenvalue weighted by Gasteiger charge is -2.44. The molecule has 2 unspecified atom stereocenters. The van der Waals surface area contributed by atoms with Crippen molar-refractivity contribution in [2.45, 2.75) is 69.7 Å². The maximum atomic E-state index is 12.2. The van der Waals surface area contributed by atoms with Crippen LogP contribution in [-0.4, -0.2) is 43.6 Å². The average Bonchev–Trinajstić information content (AvgIpc) is 3.47. The molecule has 1 aromatic rings. The van der Waals surface area contributed by atoms with Crippen molar-refractivity contribution in [2.24, 2.45) is 11.8 Å². The maximum Gasteiger partial charge on any atom is 0.223 e. The minimum absolute atomic E-state index is 0.282. The molecule has 1 heterocycles. The number of carbonyl (C=O) groups excluding carboxylic acids is 1.